The van der Waals surface area contributed by atoms with E-state index in [1.807, 2.05) is 25.7 Å². The van der Waals surface area contributed by atoms with Gasteiger partial charge in [0.1, 0.15) is 5.60 Å². The van der Waals surface area contributed by atoms with Crippen LogP contribution in [0.4, 0.5) is 4.79 Å². The highest BCUT2D eigenvalue weighted by molar-refractivity contribution is 5.68. The molecule has 3 rings (SSSR count). The number of rotatable bonds is 2. The van der Waals surface area contributed by atoms with Gasteiger partial charge >= 0.3 is 6.09 Å². The second kappa shape index (κ2) is 7.11. The van der Waals surface area contributed by atoms with Crippen LogP contribution in [0.3, 0.4) is 0 Å². The minimum Gasteiger partial charge on any atom is -0.444 e. The van der Waals surface area contributed by atoms with Gasteiger partial charge in [-0.15, -0.1) is 0 Å². The molecule has 0 saturated carbocycles. The number of amides is 1. The quantitative estimate of drug-likeness (QED) is 0.904. The smallest absolute Gasteiger partial charge is 0.410 e. The molecule has 1 aromatic carbocycles. The fraction of sp³-hybridized carbons (Fsp3) is 0.632. The first kappa shape index (κ1) is 17.2. The molecule has 0 unspecified atom stereocenters. The highest BCUT2D eigenvalue weighted by Crippen LogP contribution is 2.23. The summed E-state index contributed by atoms with van der Waals surface area (Å²) in [4.78, 5) is 16.5. The van der Waals surface area contributed by atoms with Crippen molar-refractivity contribution >= 4 is 6.09 Å². The lowest BCUT2D eigenvalue weighted by Crippen LogP contribution is -2.43. The van der Waals surface area contributed by atoms with Crippen LogP contribution in [0.5, 0.6) is 0 Å². The predicted octanol–water partition coefficient (Wildman–Crippen LogP) is 2.39. The van der Waals surface area contributed by atoms with Crippen molar-refractivity contribution in [3.05, 3.63) is 34.9 Å². The van der Waals surface area contributed by atoms with E-state index in [0.717, 1.165) is 45.7 Å². The summed E-state index contributed by atoms with van der Waals surface area (Å²) in [6.45, 7) is 12.5. The van der Waals surface area contributed by atoms with Crippen LogP contribution in [0.1, 0.15) is 37.5 Å². The zero-order valence-corrected chi connectivity index (χ0v) is 15.1. The van der Waals surface area contributed by atoms with Gasteiger partial charge in [-0.2, -0.15) is 0 Å². The first-order chi connectivity index (χ1) is 11.4. The molecule has 0 bridgehead atoms. The van der Waals surface area contributed by atoms with Crippen molar-refractivity contribution in [2.75, 3.05) is 32.7 Å². The number of nitrogens with one attached hydrogen (secondary N) is 1. The highest BCUT2D eigenvalue weighted by Gasteiger charge is 2.25. The van der Waals surface area contributed by atoms with Gasteiger partial charge in [-0.1, -0.05) is 18.2 Å². The van der Waals surface area contributed by atoms with E-state index in [4.69, 9.17) is 4.74 Å². The predicted molar refractivity (Wildman–Crippen MR) is 94.9 cm³/mol. The lowest BCUT2D eigenvalue weighted by Gasteiger charge is -2.32. The van der Waals surface area contributed by atoms with Crippen molar-refractivity contribution in [1.82, 2.24) is 15.1 Å². The number of carbonyl (C=O) groups excluding carboxylic acids is 1. The summed E-state index contributed by atoms with van der Waals surface area (Å²) in [5, 5.41) is 3.39. The fourth-order valence-electron chi connectivity index (χ4n) is 3.31. The van der Waals surface area contributed by atoms with E-state index in [0.29, 0.717) is 6.54 Å². The number of fused-ring (bicyclic) bond motifs is 1. The van der Waals surface area contributed by atoms with Crippen LogP contribution < -0.4 is 5.32 Å². The Balaban J connectivity index is 1.62. The molecule has 132 valence electrons. The van der Waals surface area contributed by atoms with Gasteiger partial charge in [-0.05, 0) is 43.9 Å². The van der Waals surface area contributed by atoms with Crippen LogP contribution >= 0.6 is 0 Å². The Hall–Kier alpha value is -1.59. The maximum Gasteiger partial charge on any atom is 0.410 e. The van der Waals surface area contributed by atoms with E-state index in [2.05, 4.69) is 28.4 Å². The third-order valence-electron chi connectivity index (χ3n) is 4.55. The largest absolute Gasteiger partial charge is 0.444 e. The average molecular weight is 331 g/mol. The van der Waals surface area contributed by atoms with E-state index in [9.17, 15) is 4.79 Å². The number of nitrogens with zero attached hydrogens (tertiary/aromatic N) is 2. The third-order valence-corrected chi connectivity index (χ3v) is 4.55. The van der Waals surface area contributed by atoms with Crippen LogP contribution in [-0.4, -0.2) is 54.2 Å². The molecule has 1 saturated heterocycles. The van der Waals surface area contributed by atoms with Crippen molar-refractivity contribution in [3.63, 3.8) is 0 Å². The first-order valence-electron chi connectivity index (χ1n) is 8.92. The Labute approximate surface area is 145 Å². The number of hydrogen-bond acceptors (Lipinski definition) is 4. The van der Waals surface area contributed by atoms with Gasteiger partial charge in [0.05, 0.1) is 0 Å². The van der Waals surface area contributed by atoms with E-state index in [-0.39, 0.29) is 6.09 Å². The van der Waals surface area contributed by atoms with Crippen molar-refractivity contribution in [2.24, 2.45) is 0 Å². The van der Waals surface area contributed by atoms with E-state index in [1.165, 1.54) is 16.7 Å². The van der Waals surface area contributed by atoms with Gasteiger partial charge in [0.2, 0.25) is 0 Å². The summed E-state index contributed by atoms with van der Waals surface area (Å²) in [5.74, 6) is 0. The second-order valence-corrected chi connectivity index (χ2v) is 7.78. The number of carbonyl (C=O) groups is 1. The van der Waals surface area contributed by atoms with Crippen LogP contribution in [0.2, 0.25) is 0 Å². The molecule has 5 heteroatoms. The van der Waals surface area contributed by atoms with Gasteiger partial charge in [0.15, 0.2) is 0 Å². The fourth-order valence-corrected chi connectivity index (χ4v) is 3.31. The molecule has 0 atom stereocenters. The van der Waals surface area contributed by atoms with Crippen LogP contribution in [0.15, 0.2) is 18.2 Å². The molecule has 2 aliphatic rings. The Morgan fingerprint density at radius 2 is 1.92 bits per heavy atom. The Morgan fingerprint density at radius 3 is 2.62 bits per heavy atom. The lowest BCUT2D eigenvalue weighted by atomic mass is 9.97. The number of ether oxygens (including phenoxy) is 1. The normalized spacial score (nSPS) is 19.0. The lowest BCUT2D eigenvalue weighted by molar-refractivity contribution is 0.0224. The second-order valence-electron chi connectivity index (χ2n) is 7.78. The molecule has 24 heavy (non-hydrogen) atoms. The summed E-state index contributed by atoms with van der Waals surface area (Å²) in [6, 6.07) is 6.71. The molecule has 1 amide bonds. The van der Waals surface area contributed by atoms with Crippen molar-refractivity contribution in [2.45, 2.75) is 45.9 Å². The highest BCUT2D eigenvalue weighted by atomic mass is 16.6. The zero-order valence-electron chi connectivity index (χ0n) is 15.1. The van der Waals surface area contributed by atoms with Crippen LogP contribution in [0.25, 0.3) is 0 Å². The Morgan fingerprint density at radius 1 is 1.17 bits per heavy atom. The maximum absolute atomic E-state index is 12.2. The van der Waals surface area contributed by atoms with Crippen LogP contribution in [-0.2, 0) is 24.2 Å². The molecule has 1 N–H and O–H groups in total. The van der Waals surface area contributed by atoms with Crippen molar-refractivity contribution in [3.8, 4) is 0 Å². The number of piperazine rings is 1. The summed E-state index contributed by atoms with van der Waals surface area (Å²) >= 11 is 0. The third kappa shape index (κ3) is 4.48. The molecule has 0 spiro atoms. The minimum absolute atomic E-state index is 0.210. The summed E-state index contributed by atoms with van der Waals surface area (Å²) < 4.78 is 5.49. The average Bonchev–Trinajstić information content (AvgIpc) is 2.53. The van der Waals surface area contributed by atoms with Gasteiger partial charge in [0, 0.05) is 45.8 Å². The topological polar surface area (TPSA) is 44.8 Å². The molecule has 2 aliphatic heterocycles. The number of hydrogen-bond donors (Lipinski definition) is 1. The monoisotopic (exact) mass is 331 g/mol. The molecule has 1 fully saturated rings. The first-order valence-corrected chi connectivity index (χ1v) is 8.92. The number of benzene rings is 1. The minimum atomic E-state index is -0.440. The van der Waals surface area contributed by atoms with E-state index in [1.54, 1.807) is 0 Å². The summed E-state index contributed by atoms with van der Waals surface area (Å²) in [7, 11) is 0. The molecular formula is C19H29N3O2. The molecule has 0 aliphatic carbocycles. The van der Waals surface area contributed by atoms with E-state index < -0.39 is 5.60 Å². The van der Waals surface area contributed by atoms with Crippen molar-refractivity contribution < 1.29 is 9.53 Å². The Bertz CT molecular complexity index is 589. The van der Waals surface area contributed by atoms with Gasteiger partial charge in [-0.3, -0.25) is 4.90 Å². The summed E-state index contributed by atoms with van der Waals surface area (Å²) in [6.07, 6.45) is 0.697. The molecule has 0 radical (unpaired) electrons. The van der Waals surface area contributed by atoms with Crippen molar-refractivity contribution in [1.29, 1.82) is 0 Å². The Kier molecular flexibility index (Phi) is 5.11. The molecule has 1 aromatic rings. The summed E-state index contributed by atoms with van der Waals surface area (Å²) in [5.41, 5.74) is 3.56. The SMILES string of the molecule is CC(C)(C)OC(=O)N1CCc2cc(CN3CCNCC3)ccc2C1. The molecule has 2 heterocycles. The standard InChI is InChI=1S/C19H29N3O2/c1-19(2,3)24-18(23)22-9-6-16-12-15(4-5-17(16)14-22)13-21-10-7-20-8-11-21/h4-5,12,20H,6-11,13-14H2,1-3H3. The van der Waals surface area contributed by atoms with Gasteiger partial charge < -0.3 is 15.0 Å². The van der Waals surface area contributed by atoms with Crippen LogP contribution in [0, 0.1) is 0 Å². The molecular weight excluding hydrogens is 302 g/mol. The molecule has 5 nitrogen and oxygen atoms in total. The van der Waals surface area contributed by atoms with Gasteiger partial charge in [0.25, 0.3) is 0 Å². The molecule has 0 aromatic heterocycles. The van der Waals surface area contributed by atoms with E-state index >= 15 is 0 Å². The zero-order chi connectivity index (χ0) is 17.2. The van der Waals surface area contributed by atoms with Gasteiger partial charge in [-0.25, -0.2) is 4.79 Å². The maximum atomic E-state index is 12.2.